The van der Waals surface area contributed by atoms with Crippen LogP contribution in [0.15, 0.2) is 48.7 Å². The third kappa shape index (κ3) is 6.89. The minimum Gasteiger partial charge on any atom is -0.722 e. The number of aryl methyl sites for hydroxylation is 1. The van der Waals surface area contributed by atoms with Crippen molar-refractivity contribution in [2.45, 2.75) is 0 Å². The zero-order valence-corrected chi connectivity index (χ0v) is 13.0. The van der Waals surface area contributed by atoms with E-state index in [4.69, 9.17) is 17.7 Å². The normalized spacial score (nSPS) is 10.3. The summed E-state index contributed by atoms with van der Waals surface area (Å²) in [6.45, 7) is 0. The van der Waals surface area contributed by atoms with Crippen LogP contribution in [0.2, 0.25) is 0 Å². The highest BCUT2D eigenvalue weighted by Crippen LogP contribution is 2.17. The number of carbonyl (C=O) groups excluding carboxylic acids is 1. The molecule has 0 saturated carbocycles. The van der Waals surface area contributed by atoms with Gasteiger partial charge in [0, 0.05) is 24.3 Å². The van der Waals surface area contributed by atoms with Gasteiger partial charge in [0.2, 0.25) is 0 Å². The maximum atomic E-state index is 11.9. The Labute approximate surface area is 136 Å². The predicted octanol–water partition coefficient (Wildman–Crippen LogP) is 1.05. The van der Waals surface area contributed by atoms with Crippen LogP contribution in [0.4, 0.5) is 9.57 Å². The molecule has 0 aliphatic rings. The van der Waals surface area contributed by atoms with Crippen molar-refractivity contribution in [2.75, 3.05) is 0 Å². The molecule has 1 heterocycles. The number of non-ortho nitro benzene ring substituents is 1. The number of rotatable bonds is 3. The molecule has 24 heavy (non-hydrogen) atoms. The summed E-state index contributed by atoms with van der Waals surface area (Å²) in [5, 5.41) is 10.5. The summed E-state index contributed by atoms with van der Waals surface area (Å²) in [6, 6.07) is 10.5. The molecule has 0 unspecified atom stereocenters. The number of nitro benzene ring substituents is 1. The molecule has 0 N–H and O–H groups in total. The second-order valence-corrected chi connectivity index (χ2v) is 5.02. The number of hydrogen-bond acceptors (Lipinski definition) is 7. The van der Waals surface area contributed by atoms with E-state index in [0.717, 1.165) is 0 Å². The topological polar surface area (TPSA) is 131 Å². The summed E-state index contributed by atoms with van der Waals surface area (Å²) in [5.74, 6) is -0.253. The van der Waals surface area contributed by atoms with Gasteiger partial charge in [-0.2, -0.15) is 4.57 Å². The zero-order chi connectivity index (χ0) is 18.3. The lowest BCUT2D eigenvalue weighted by molar-refractivity contribution is -0.673. The molecular formula is C13H11FN2O7S. The number of nitrogens with zero attached hydrogens (tertiary/aromatic N) is 2. The Morgan fingerprint density at radius 3 is 2.21 bits per heavy atom. The maximum Gasteiger partial charge on any atom is 0.409 e. The van der Waals surface area contributed by atoms with E-state index in [1.807, 2.05) is 0 Å². The van der Waals surface area contributed by atoms with Crippen molar-refractivity contribution >= 4 is 22.2 Å². The Morgan fingerprint density at radius 2 is 1.75 bits per heavy atom. The second-order valence-electron chi connectivity index (χ2n) is 4.23. The first-order valence-electron chi connectivity index (χ1n) is 6.14. The molecule has 0 saturated heterocycles. The lowest BCUT2D eigenvalue weighted by Gasteiger charge is -2.02. The fraction of sp³-hybridized carbons (Fsp3) is 0.0769. The molecule has 0 radical (unpaired) electrons. The number of carbonyl (C=O) groups is 1. The highest BCUT2D eigenvalue weighted by Gasteiger charge is 2.18. The van der Waals surface area contributed by atoms with Crippen LogP contribution in [0, 0.1) is 10.1 Å². The van der Waals surface area contributed by atoms with Gasteiger partial charge in [0.1, 0.15) is 12.8 Å². The fourth-order valence-corrected chi connectivity index (χ4v) is 1.53. The molecule has 1 aromatic heterocycles. The predicted molar refractivity (Wildman–Crippen MR) is 76.5 cm³/mol. The van der Waals surface area contributed by atoms with Gasteiger partial charge >= 0.3 is 5.97 Å². The summed E-state index contributed by atoms with van der Waals surface area (Å²) in [5.41, 5.74) is 0.339. The molecule has 1 aromatic carbocycles. The molecule has 0 spiro atoms. The van der Waals surface area contributed by atoms with Crippen LogP contribution in [0.3, 0.4) is 0 Å². The molecular weight excluding hydrogens is 347 g/mol. The van der Waals surface area contributed by atoms with Gasteiger partial charge in [0.05, 0.1) is 4.92 Å². The van der Waals surface area contributed by atoms with Crippen molar-refractivity contribution in [3.05, 3.63) is 64.5 Å². The number of nitro groups is 1. The van der Waals surface area contributed by atoms with E-state index in [-0.39, 0.29) is 11.4 Å². The molecule has 0 amide bonds. The number of pyridine rings is 1. The second kappa shape index (κ2) is 8.08. The smallest absolute Gasteiger partial charge is 0.409 e. The summed E-state index contributed by atoms with van der Waals surface area (Å²) < 4.78 is 42.1. The van der Waals surface area contributed by atoms with Crippen LogP contribution in [-0.2, 0) is 17.6 Å². The van der Waals surface area contributed by atoms with E-state index >= 15 is 0 Å². The van der Waals surface area contributed by atoms with Crippen molar-refractivity contribution in [3.63, 3.8) is 0 Å². The van der Waals surface area contributed by atoms with Crippen molar-refractivity contribution in [1.82, 2.24) is 0 Å². The summed E-state index contributed by atoms with van der Waals surface area (Å²) in [4.78, 5) is 21.9. The molecule has 0 aliphatic carbocycles. The Morgan fingerprint density at radius 1 is 1.21 bits per heavy atom. The molecule has 128 valence electrons. The van der Waals surface area contributed by atoms with Crippen molar-refractivity contribution < 1.29 is 35.9 Å². The first kappa shape index (κ1) is 19.1. The van der Waals surface area contributed by atoms with Crippen LogP contribution in [0.25, 0.3) is 0 Å². The third-order valence-corrected chi connectivity index (χ3v) is 2.52. The van der Waals surface area contributed by atoms with Gasteiger partial charge in [-0.15, -0.1) is 3.89 Å². The van der Waals surface area contributed by atoms with E-state index < -0.39 is 21.4 Å². The Hall–Kier alpha value is -2.92. The number of benzene rings is 1. The number of aromatic nitrogens is 1. The van der Waals surface area contributed by atoms with Crippen molar-refractivity contribution in [2.24, 2.45) is 7.05 Å². The standard InChI is InChI=1S/C13H11N2O4.FHO3S/c1-14-9-3-2-4-12(14)13(16)19-11-7-5-10(6-8-11)15(17)18;1-5(2,3)4/h2-9H,1H3;(H,2,3,4)/q+1;/p-1. The molecule has 11 heteroatoms. The summed E-state index contributed by atoms with van der Waals surface area (Å²) in [7, 11) is -3.69. The average molecular weight is 358 g/mol. The first-order chi connectivity index (χ1) is 11.1. The minimum absolute atomic E-state index is 0.0509. The van der Waals surface area contributed by atoms with Gasteiger partial charge in [-0.05, 0) is 18.2 Å². The molecule has 9 nitrogen and oxygen atoms in total. The number of ether oxygens (including phenoxy) is 1. The van der Waals surface area contributed by atoms with E-state index in [0.29, 0.717) is 5.69 Å². The van der Waals surface area contributed by atoms with E-state index in [1.54, 1.807) is 36.0 Å². The molecule has 0 bridgehead atoms. The van der Waals surface area contributed by atoms with Crippen LogP contribution in [0.1, 0.15) is 10.5 Å². The van der Waals surface area contributed by atoms with Crippen LogP contribution >= 0.6 is 0 Å². The lowest BCUT2D eigenvalue weighted by Crippen LogP contribution is -2.36. The highest BCUT2D eigenvalue weighted by atomic mass is 32.3. The molecule has 0 fully saturated rings. The largest absolute Gasteiger partial charge is 0.722 e. The van der Waals surface area contributed by atoms with Gasteiger partial charge in [-0.25, -0.2) is 13.2 Å². The van der Waals surface area contributed by atoms with E-state index in [1.165, 1.54) is 24.3 Å². The zero-order valence-electron chi connectivity index (χ0n) is 12.2. The molecule has 0 aliphatic heterocycles. The first-order valence-corrected chi connectivity index (χ1v) is 7.45. The quantitative estimate of drug-likeness (QED) is 0.152. The maximum absolute atomic E-state index is 11.9. The van der Waals surface area contributed by atoms with Gasteiger partial charge in [0.25, 0.3) is 21.9 Å². The molecule has 2 rings (SSSR count). The van der Waals surface area contributed by atoms with Crippen molar-refractivity contribution in [3.8, 4) is 5.75 Å². The summed E-state index contributed by atoms with van der Waals surface area (Å²) >= 11 is 0. The Balaban J connectivity index is 0.000000505. The van der Waals surface area contributed by atoms with E-state index in [9.17, 15) is 18.8 Å². The molecule has 0 atom stereocenters. The number of esters is 1. The third-order valence-electron chi connectivity index (χ3n) is 2.52. The minimum atomic E-state index is -5.42. The SMILES string of the molecule is C[n+]1ccccc1C(=O)Oc1ccc([N+](=O)[O-])cc1.O=S(=O)([O-])F. The van der Waals surface area contributed by atoms with Gasteiger partial charge in [-0.3, -0.25) is 10.1 Å². The van der Waals surface area contributed by atoms with Crippen LogP contribution in [-0.4, -0.2) is 23.9 Å². The fourth-order valence-electron chi connectivity index (χ4n) is 1.53. The number of halogens is 1. The van der Waals surface area contributed by atoms with Gasteiger partial charge in [0.15, 0.2) is 6.20 Å². The average Bonchev–Trinajstić information content (AvgIpc) is 2.46. The molecule has 2 aromatic rings. The van der Waals surface area contributed by atoms with Crippen molar-refractivity contribution in [1.29, 1.82) is 0 Å². The Kier molecular flexibility index (Phi) is 6.44. The van der Waals surface area contributed by atoms with Gasteiger partial charge < -0.3 is 9.29 Å². The van der Waals surface area contributed by atoms with E-state index in [2.05, 4.69) is 0 Å². The Bertz CT molecular complexity index is 830. The van der Waals surface area contributed by atoms with Crippen LogP contribution in [0.5, 0.6) is 5.75 Å². The van der Waals surface area contributed by atoms with Gasteiger partial charge in [-0.1, -0.05) is 0 Å². The lowest BCUT2D eigenvalue weighted by atomic mass is 10.3. The monoisotopic (exact) mass is 358 g/mol. The highest BCUT2D eigenvalue weighted by molar-refractivity contribution is 7.80. The van der Waals surface area contributed by atoms with Crippen LogP contribution < -0.4 is 9.30 Å². The summed E-state index contributed by atoms with van der Waals surface area (Å²) in [6.07, 6.45) is 1.73. The number of hydrogen-bond donors (Lipinski definition) is 0.